The minimum absolute atomic E-state index is 0.271. The minimum atomic E-state index is 0.271. The highest BCUT2D eigenvalue weighted by Crippen LogP contribution is 2.22. The Bertz CT molecular complexity index is 495. The van der Waals surface area contributed by atoms with Gasteiger partial charge in [0.2, 0.25) is 0 Å². The molecule has 0 unspecified atom stereocenters. The van der Waals surface area contributed by atoms with Crippen molar-refractivity contribution in [2.75, 3.05) is 0 Å². The Kier molecular flexibility index (Phi) is 3.91. The van der Waals surface area contributed by atoms with Gasteiger partial charge >= 0.3 is 0 Å². The zero-order chi connectivity index (χ0) is 12.3. The van der Waals surface area contributed by atoms with E-state index in [-0.39, 0.29) is 6.04 Å². The zero-order valence-electron chi connectivity index (χ0n) is 9.89. The van der Waals surface area contributed by atoms with Crippen LogP contribution in [0.15, 0.2) is 34.9 Å². The Morgan fingerprint density at radius 3 is 2.82 bits per heavy atom. The molecule has 1 N–H and O–H groups in total. The lowest BCUT2D eigenvalue weighted by Crippen LogP contribution is -2.18. The van der Waals surface area contributed by atoms with Crippen LogP contribution in [0, 0.1) is 0 Å². The molecule has 0 saturated carbocycles. The summed E-state index contributed by atoms with van der Waals surface area (Å²) < 4.78 is 2.83. The Morgan fingerprint density at radius 2 is 2.18 bits per heavy atom. The molecular weight excluding hydrogens is 280 g/mol. The number of hydrogen-bond acceptors (Lipinski definition) is 3. The zero-order valence-corrected chi connectivity index (χ0v) is 11.5. The summed E-state index contributed by atoms with van der Waals surface area (Å²) in [5.74, 6) is 0. The first kappa shape index (κ1) is 12.3. The van der Waals surface area contributed by atoms with Crippen LogP contribution in [-0.2, 0) is 13.6 Å². The van der Waals surface area contributed by atoms with Crippen LogP contribution in [0.2, 0.25) is 0 Å². The van der Waals surface area contributed by atoms with Gasteiger partial charge in [0.15, 0.2) is 0 Å². The fraction of sp³-hybridized carbons (Fsp3) is 0.333. The molecule has 17 heavy (non-hydrogen) atoms. The second-order valence-electron chi connectivity index (χ2n) is 4.01. The number of nitrogens with one attached hydrogen (secondary N) is 1. The summed E-state index contributed by atoms with van der Waals surface area (Å²) in [6, 6.07) is 8.49. The molecule has 5 heteroatoms. The van der Waals surface area contributed by atoms with Gasteiger partial charge < -0.3 is 5.32 Å². The molecule has 1 heterocycles. The maximum Gasteiger partial charge on any atom is 0.0964 e. The van der Waals surface area contributed by atoms with Gasteiger partial charge in [0.05, 0.1) is 5.69 Å². The molecule has 1 atom stereocenters. The number of benzene rings is 1. The summed E-state index contributed by atoms with van der Waals surface area (Å²) in [5, 5.41) is 11.4. The molecular formula is C12H15BrN4. The molecule has 0 saturated heterocycles. The van der Waals surface area contributed by atoms with Crippen molar-refractivity contribution < 1.29 is 0 Å². The van der Waals surface area contributed by atoms with Crippen molar-refractivity contribution in [1.82, 2.24) is 20.3 Å². The maximum absolute atomic E-state index is 4.04. The lowest BCUT2D eigenvalue weighted by atomic mass is 10.1. The molecule has 0 amide bonds. The van der Waals surface area contributed by atoms with Crippen LogP contribution < -0.4 is 5.32 Å². The van der Waals surface area contributed by atoms with Gasteiger partial charge in [-0.3, -0.25) is 4.68 Å². The molecule has 4 nitrogen and oxygen atoms in total. The summed E-state index contributed by atoms with van der Waals surface area (Å²) in [6.45, 7) is 2.85. The van der Waals surface area contributed by atoms with E-state index in [1.54, 1.807) is 4.68 Å². The number of hydrogen-bond donors (Lipinski definition) is 1. The van der Waals surface area contributed by atoms with Crippen LogP contribution in [-0.4, -0.2) is 15.0 Å². The third-order valence-electron chi connectivity index (χ3n) is 2.61. The monoisotopic (exact) mass is 294 g/mol. The largest absolute Gasteiger partial charge is 0.304 e. The average Bonchev–Trinajstić information content (AvgIpc) is 2.73. The highest BCUT2D eigenvalue weighted by Gasteiger charge is 2.08. The van der Waals surface area contributed by atoms with E-state index in [1.165, 1.54) is 5.56 Å². The van der Waals surface area contributed by atoms with Crippen molar-refractivity contribution in [1.29, 1.82) is 0 Å². The third-order valence-corrected chi connectivity index (χ3v) is 3.33. The molecule has 1 aromatic carbocycles. The van der Waals surface area contributed by atoms with Crippen LogP contribution >= 0.6 is 15.9 Å². The Balaban J connectivity index is 1.98. The average molecular weight is 295 g/mol. The normalized spacial score (nSPS) is 12.6. The van der Waals surface area contributed by atoms with E-state index in [2.05, 4.69) is 50.6 Å². The number of aromatic nitrogens is 3. The second-order valence-corrected chi connectivity index (χ2v) is 4.86. The summed E-state index contributed by atoms with van der Waals surface area (Å²) in [5.41, 5.74) is 2.20. The van der Waals surface area contributed by atoms with Crippen molar-refractivity contribution in [3.05, 3.63) is 46.2 Å². The third kappa shape index (κ3) is 3.14. The molecule has 0 radical (unpaired) electrons. The van der Waals surface area contributed by atoms with E-state index >= 15 is 0 Å². The predicted octanol–water partition coefficient (Wildman–Crippen LogP) is 2.43. The second kappa shape index (κ2) is 5.42. The molecule has 1 aromatic heterocycles. The SMILES string of the molecule is C[C@H](NCc1cn(C)nn1)c1ccccc1Br. The molecule has 2 aromatic rings. The Morgan fingerprint density at radius 1 is 1.41 bits per heavy atom. The molecule has 0 aliphatic carbocycles. The topological polar surface area (TPSA) is 42.7 Å². The van der Waals surface area contributed by atoms with Gasteiger partial charge in [-0.2, -0.15) is 0 Å². The van der Waals surface area contributed by atoms with Gasteiger partial charge in [-0.25, -0.2) is 0 Å². The van der Waals surface area contributed by atoms with Crippen molar-refractivity contribution in [3.8, 4) is 0 Å². The molecule has 0 aliphatic rings. The number of halogens is 1. The number of nitrogens with zero attached hydrogens (tertiary/aromatic N) is 3. The van der Waals surface area contributed by atoms with E-state index in [0.717, 1.165) is 16.7 Å². The standard InChI is InChI=1S/C12H15BrN4/c1-9(11-5-3-4-6-12(11)13)14-7-10-8-17(2)16-15-10/h3-6,8-9,14H,7H2,1-2H3/t9-/m0/s1. The lowest BCUT2D eigenvalue weighted by Gasteiger charge is -2.14. The maximum atomic E-state index is 4.04. The van der Waals surface area contributed by atoms with Crippen molar-refractivity contribution in [3.63, 3.8) is 0 Å². The number of aryl methyl sites for hydroxylation is 1. The molecule has 90 valence electrons. The fourth-order valence-electron chi connectivity index (χ4n) is 1.67. The van der Waals surface area contributed by atoms with Gasteiger partial charge in [0, 0.05) is 30.3 Å². The first-order valence-corrected chi connectivity index (χ1v) is 6.29. The molecule has 0 fully saturated rings. The van der Waals surface area contributed by atoms with Crippen LogP contribution in [0.3, 0.4) is 0 Å². The number of rotatable bonds is 4. The summed E-state index contributed by atoms with van der Waals surface area (Å²) in [7, 11) is 1.87. The fourth-order valence-corrected chi connectivity index (χ4v) is 2.30. The van der Waals surface area contributed by atoms with Crippen molar-refractivity contribution >= 4 is 15.9 Å². The van der Waals surface area contributed by atoms with Crippen molar-refractivity contribution in [2.24, 2.45) is 7.05 Å². The van der Waals surface area contributed by atoms with E-state index in [9.17, 15) is 0 Å². The van der Waals surface area contributed by atoms with Crippen molar-refractivity contribution in [2.45, 2.75) is 19.5 Å². The lowest BCUT2D eigenvalue weighted by molar-refractivity contribution is 0.565. The van der Waals surface area contributed by atoms with E-state index in [1.807, 2.05) is 25.4 Å². The van der Waals surface area contributed by atoms with Crippen LogP contribution in [0.4, 0.5) is 0 Å². The van der Waals surface area contributed by atoms with Crippen LogP contribution in [0.1, 0.15) is 24.2 Å². The Hall–Kier alpha value is -1.20. The molecule has 2 rings (SSSR count). The highest BCUT2D eigenvalue weighted by atomic mass is 79.9. The van der Waals surface area contributed by atoms with E-state index < -0.39 is 0 Å². The van der Waals surface area contributed by atoms with E-state index in [0.29, 0.717) is 0 Å². The minimum Gasteiger partial charge on any atom is -0.304 e. The highest BCUT2D eigenvalue weighted by molar-refractivity contribution is 9.10. The summed E-state index contributed by atoms with van der Waals surface area (Å²) >= 11 is 3.56. The van der Waals surface area contributed by atoms with Crippen LogP contribution in [0.25, 0.3) is 0 Å². The van der Waals surface area contributed by atoms with Gasteiger partial charge in [-0.15, -0.1) is 5.10 Å². The molecule has 0 spiro atoms. The molecule has 0 bridgehead atoms. The van der Waals surface area contributed by atoms with Crippen LogP contribution in [0.5, 0.6) is 0 Å². The first-order valence-electron chi connectivity index (χ1n) is 5.50. The van der Waals surface area contributed by atoms with Gasteiger partial charge in [0.25, 0.3) is 0 Å². The Labute approximate surface area is 109 Å². The summed E-state index contributed by atoms with van der Waals surface area (Å²) in [4.78, 5) is 0. The van der Waals surface area contributed by atoms with Gasteiger partial charge in [-0.1, -0.05) is 39.3 Å². The quantitative estimate of drug-likeness (QED) is 0.942. The van der Waals surface area contributed by atoms with Gasteiger partial charge in [-0.05, 0) is 18.6 Å². The molecule has 0 aliphatic heterocycles. The first-order chi connectivity index (χ1) is 8.16. The van der Waals surface area contributed by atoms with E-state index in [4.69, 9.17) is 0 Å². The van der Waals surface area contributed by atoms with Gasteiger partial charge in [0.1, 0.15) is 0 Å². The predicted molar refractivity (Wildman–Crippen MR) is 70.4 cm³/mol. The summed E-state index contributed by atoms with van der Waals surface area (Å²) in [6.07, 6.45) is 1.92. The smallest absolute Gasteiger partial charge is 0.0964 e.